The molecule has 144 valence electrons. The van der Waals surface area contributed by atoms with Crippen LogP contribution in [0.3, 0.4) is 0 Å². The summed E-state index contributed by atoms with van der Waals surface area (Å²) in [5.74, 6) is 1.12. The summed E-state index contributed by atoms with van der Waals surface area (Å²) in [4.78, 5) is 19.6. The Labute approximate surface area is 172 Å². The zero-order valence-corrected chi connectivity index (χ0v) is 17.3. The molecule has 1 aliphatic rings. The van der Waals surface area contributed by atoms with Gasteiger partial charge in [-0.05, 0) is 60.7 Å². The number of benzene rings is 1. The Kier molecular flexibility index (Phi) is 5.43. The number of anilines is 2. The number of piperidine rings is 1. The molecule has 0 bridgehead atoms. The summed E-state index contributed by atoms with van der Waals surface area (Å²) in [6, 6.07) is 11.2. The van der Waals surface area contributed by atoms with E-state index in [0.29, 0.717) is 11.5 Å². The molecule has 1 aliphatic heterocycles. The van der Waals surface area contributed by atoms with Gasteiger partial charge < -0.3 is 10.2 Å². The smallest absolute Gasteiger partial charge is 0.259 e. The largest absolute Gasteiger partial charge is 0.356 e. The molecule has 0 saturated carbocycles. The van der Waals surface area contributed by atoms with Gasteiger partial charge in [-0.3, -0.25) is 9.48 Å². The molecule has 4 rings (SSSR count). The number of aryl methyl sites for hydroxylation is 1. The van der Waals surface area contributed by atoms with Gasteiger partial charge in [0, 0.05) is 42.7 Å². The number of aromatic nitrogens is 3. The highest BCUT2D eigenvalue weighted by molar-refractivity contribution is 9.10. The third-order valence-electron chi connectivity index (χ3n) is 5.12. The minimum atomic E-state index is -0.139. The third-order valence-corrected chi connectivity index (χ3v) is 5.65. The lowest BCUT2D eigenvalue weighted by molar-refractivity contribution is 0.102. The predicted molar refractivity (Wildman–Crippen MR) is 114 cm³/mol. The first-order chi connectivity index (χ1) is 13.6. The Morgan fingerprint density at radius 2 is 1.93 bits per heavy atom. The highest BCUT2D eigenvalue weighted by atomic mass is 79.9. The van der Waals surface area contributed by atoms with Crippen LogP contribution in [0.5, 0.6) is 0 Å². The zero-order valence-electron chi connectivity index (χ0n) is 15.7. The van der Waals surface area contributed by atoms with Crippen LogP contribution >= 0.6 is 15.9 Å². The van der Waals surface area contributed by atoms with Crippen LogP contribution in [0, 0.1) is 0 Å². The molecule has 3 heterocycles. The minimum absolute atomic E-state index is 0.139. The molecule has 6 nitrogen and oxygen atoms in total. The lowest BCUT2D eigenvalue weighted by Crippen LogP contribution is -2.35. The molecular weight excluding hydrogens is 418 g/mol. The highest BCUT2D eigenvalue weighted by Crippen LogP contribution is 2.31. The van der Waals surface area contributed by atoms with Crippen molar-refractivity contribution in [3.05, 3.63) is 70.6 Å². The van der Waals surface area contributed by atoms with Crippen LogP contribution in [0.4, 0.5) is 11.5 Å². The molecular formula is C21H22BrN5O. The third kappa shape index (κ3) is 4.09. The van der Waals surface area contributed by atoms with Gasteiger partial charge in [-0.1, -0.05) is 15.9 Å². The van der Waals surface area contributed by atoms with E-state index in [1.807, 2.05) is 54.3 Å². The number of amides is 1. The fraction of sp³-hybridized carbons (Fsp3) is 0.286. The van der Waals surface area contributed by atoms with Crippen molar-refractivity contribution in [2.24, 2.45) is 7.05 Å². The summed E-state index contributed by atoms with van der Waals surface area (Å²) >= 11 is 3.41. The fourth-order valence-electron chi connectivity index (χ4n) is 3.63. The Hall–Kier alpha value is -2.67. The van der Waals surface area contributed by atoms with Crippen molar-refractivity contribution in [1.29, 1.82) is 0 Å². The quantitative estimate of drug-likeness (QED) is 0.660. The van der Waals surface area contributed by atoms with E-state index in [-0.39, 0.29) is 5.91 Å². The van der Waals surface area contributed by atoms with Crippen LogP contribution in [0.2, 0.25) is 0 Å². The number of hydrogen-bond donors (Lipinski definition) is 1. The van der Waals surface area contributed by atoms with Gasteiger partial charge in [0.1, 0.15) is 5.82 Å². The summed E-state index contributed by atoms with van der Waals surface area (Å²) in [5, 5.41) is 7.25. The molecule has 1 N–H and O–H groups in total. The van der Waals surface area contributed by atoms with Crippen LogP contribution < -0.4 is 10.2 Å². The molecule has 1 aromatic carbocycles. The van der Waals surface area contributed by atoms with Gasteiger partial charge in [0.25, 0.3) is 5.91 Å². The topological polar surface area (TPSA) is 63.1 Å². The van der Waals surface area contributed by atoms with E-state index in [2.05, 4.69) is 42.4 Å². The number of nitrogens with one attached hydrogen (secondary N) is 1. The second-order valence-electron chi connectivity index (χ2n) is 7.04. The molecule has 0 radical (unpaired) electrons. The lowest BCUT2D eigenvalue weighted by atomic mass is 9.91. The van der Waals surface area contributed by atoms with E-state index in [1.54, 1.807) is 6.20 Å². The summed E-state index contributed by atoms with van der Waals surface area (Å²) < 4.78 is 2.83. The number of halogens is 1. The maximum atomic E-state index is 12.9. The molecule has 0 atom stereocenters. The van der Waals surface area contributed by atoms with Crippen LogP contribution in [-0.4, -0.2) is 33.8 Å². The molecule has 1 amide bonds. The van der Waals surface area contributed by atoms with Gasteiger partial charge in [-0.15, -0.1) is 0 Å². The first-order valence-electron chi connectivity index (χ1n) is 9.35. The van der Waals surface area contributed by atoms with E-state index in [1.165, 1.54) is 5.56 Å². The lowest BCUT2D eigenvalue weighted by Gasteiger charge is -2.33. The van der Waals surface area contributed by atoms with Crippen molar-refractivity contribution in [2.75, 3.05) is 23.3 Å². The molecule has 3 aromatic rings. The van der Waals surface area contributed by atoms with Crippen LogP contribution in [0.25, 0.3) is 0 Å². The SMILES string of the molecule is Cn1cc(C2CCN(c3ncccc3C(=O)Nc3ccc(Br)cc3)CC2)cn1. The highest BCUT2D eigenvalue weighted by Gasteiger charge is 2.25. The van der Waals surface area contributed by atoms with Gasteiger partial charge in [-0.2, -0.15) is 5.10 Å². The van der Waals surface area contributed by atoms with Gasteiger partial charge in [0.2, 0.25) is 0 Å². The maximum absolute atomic E-state index is 12.9. The van der Waals surface area contributed by atoms with Gasteiger partial charge in [0.15, 0.2) is 0 Å². The van der Waals surface area contributed by atoms with Crippen molar-refractivity contribution >= 4 is 33.3 Å². The van der Waals surface area contributed by atoms with Crippen molar-refractivity contribution < 1.29 is 4.79 Å². The first-order valence-corrected chi connectivity index (χ1v) is 10.1. The summed E-state index contributed by atoms with van der Waals surface area (Å²) in [7, 11) is 1.95. The fourth-order valence-corrected chi connectivity index (χ4v) is 3.90. The van der Waals surface area contributed by atoms with Crippen LogP contribution in [0.15, 0.2) is 59.5 Å². The number of carbonyl (C=O) groups is 1. The van der Waals surface area contributed by atoms with E-state index in [9.17, 15) is 4.79 Å². The number of nitrogens with zero attached hydrogens (tertiary/aromatic N) is 4. The van der Waals surface area contributed by atoms with E-state index in [4.69, 9.17) is 0 Å². The molecule has 28 heavy (non-hydrogen) atoms. The Morgan fingerprint density at radius 1 is 1.18 bits per heavy atom. The van der Waals surface area contributed by atoms with Gasteiger partial charge in [-0.25, -0.2) is 4.98 Å². The van der Waals surface area contributed by atoms with Crippen molar-refractivity contribution in [2.45, 2.75) is 18.8 Å². The Bertz CT molecular complexity index is 961. The number of rotatable bonds is 4. The number of hydrogen-bond acceptors (Lipinski definition) is 4. The van der Waals surface area contributed by atoms with E-state index < -0.39 is 0 Å². The Balaban J connectivity index is 1.47. The molecule has 7 heteroatoms. The molecule has 0 aliphatic carbocycles. The summed E-state index contributed by atoms with van der Waals surface area (Å²) in [6.45, 7) is 1.74. The van der Waals surface area contributed by atoms with E-state index >= 15 is 0 Å². The van der Waals surface area contributed by atoms with Gasteiger partial charge >= 0.3 is 0 Å². The second-order valence-corrected chi connectivity index (χ2v) is 7.96. The second kappa shape index (κ2) is 8.14. The summed E-state index contributed by atoms with van der Waals surface area (Å²) in [5.41, 5.74) is 2.65. The maximum Gasteiger partial charge on any atom is 0.259 e. The average molecular weight is 440 g/mol. The Morgan fingerprint density at radius 3 is 2.61 bits per heavy atom. The normalized spacial score (nSPS) is 14.9. The zero-order chi connectivity index (χ0) is 19.5. The first kappa shape index (κ1) is 18.7. The van der Waals surface area contributed by atoms with E-state index in [0.717, 1.165) is 41.9 Å². The molecule has 0 spiro atoms. The van der Waals surface area contributed by atoms with Crippen LogP contribution in [-0.2, 0) is 7.05 Å². The summed E-state index contributed by atoms with van der Waals surface area (Å²) in [6.07, 6.45) is 7.85. The molecule has 1 fully saturated rings. The monoisotopic (exact) mass is 439 g/mol. The van der Waals surface area contributed by atoms with Crippen molar-refractivity contribution in [1.82, 2.24) is 14.8 Å². The minimum Gasteiger partial charge on any atom is -0.356 e. The standard InChI is InChI=1S/C21H22BrN5O/c1-26-14-16(13-24-26)15-8-11-27(12-9-15)20-19(3-2-10-23-20)21(28)25-18-6-4-17(22)5-7-18/h2-7,10,13-15H,8-9,11-12H2,1H3,(H,25,28). The molecule has 2 aromatic heterocycles. The molecule has 0 unspecified atom stereocenters. The predicted octanol–water partition coefficient (Wildman–Crippen LogP) is 4.21. The number of pyridine rings is 1. The van der Waals surface area contributed by atoms with Gasteiger partial charge in [0.05, 0.1) is 11.8 Å². The molecule has 1 saturated heterocycles. The van der Waals surface area contributed by atoms with Crippen LogP contribution in [0.1, 0.15) is 34.7 Å². The number of carbonyl (C=O) groups excluding carboxylic acids is 1. The average Bonchev–Trinajstić information content (AvgIpc) is 3.16. The van der Waals surface area contributed by atoms with Crippen molar-refractivity contribution in [3.63, 3.8) is 0 Å². The van der Waals surface area contributed by atoms with Crippen molar-refractivity contribution in [3.8, 4) is 0 Å².